The van der Waals surface area contributed by atoms with Crippen LogP contribution in [0.25, 0.3) is 0 Å². The predicted octanol–water partition coefficient (Wildman–Crippen LogP) is 3.31. The Morgan fingerprint density at radius 1 is 1.36 bits per heavy atom. The number of ketones is 1. The molecule has 0 aliphatic heterocycles. The number of carbonyl (C=O) groups excluding carboxylic acids is 2. The van der Waals surface area contributed by atoms with E-state index in [4.69, 9.17) is 4.74 Å². The summed E-state index contributed by atoms with van der Waals surface area (Å²) in [5.74, 6) is 0.386. The first-order valence-electron chi connectivity index (χ1n) is 7.25. The van der Waals surface area contributed by atoms with Crippen molar-refractivity contribution in [1.82, 2.24) is 4.98 Å². The monoisotopic (exact) mass is 316 g/mol. The number of thiazole rings is 1. The van der Waals surface area contributed by atoms with Crippen LogP contribution in [-0.4, -0.2) is 23.3 Å². The average Bonchev–Trinajstić information content (AvgIpc) is 2.92. The summed E-state index contributed by atoms with van der Waals surface area (Å²) in [6.45, 7) is 2.36. The van der Waals surface area contributed by atoms with E-state index in [0.717, 1.165) is 18.5 Å². The number of anilines is 1. The minimum Gasteiger partial charge on any atom is -0.493 e. The van der Waals surface area contributed by atoms with Gasteiger partial charge in [0.2, 0.25) is 0 Å². The van der Waals surface area contributed by atoms with E-state index in [1.807, 2.05) is 13.0 Å². The molecule has 6 heteroatoms. The number of fused-ring (bicyclic) bond motifs is 1. The molecule has 1 aliphatic carbocycles. The predicted molar refractivity (Wildman–Crippen MR) is 84.9 cm³/mol. The van der Waals surface area contributed by atoms with Crippen LogP contribution < -0.4 is 10.1 Å². The number of ether oxygens (including phenoxy) is 1. The molecule has 0 atom stereocenters. The number of Topliss-reactive ketones (excluding diaryl/α,β-unsaturated/α-hetero) is 1. The molecule has 0 bridgehead atoms. The van der Waals surface area contributed by atoms with Gasteiger partial charge in [0.25, 0.3) is 5.91 Å². The van der Waals surface area contributed by atoms with Gasteiger partial charge in [-0.2, -0.15) is 0 Å². The van der Waals surface area contributed by atoms with Gasteiger partial charge in [0.05, 0.1) is 22.7 Å². The molecule has 3 rings (SSSR count). The van der Waals surface area contributed by atoms with Gasteiger partial charge < -0.3 is 4.74 Å². The number of aromatic nitrogens is 1. The van der Waals surface area contributed by atoms with Crippen molar-refractivity contribution in [1.29, 1.82) is 0 Å². The highest BCUT2D eigenvalue weighted by atomic mass is 32.1. The molecule has 5 nitrogen and oxygen atoms in total. The van der Waals surface area contributed by atoms with Gasteiger partial charge in [-0.25, -0.2) is 4.98 Å². The molecule has 1 aliphatic rings. The van der Waals surface area contributed by atoms with E-state index in [0.29, 0.717) is 34.3 Å². The average molecular weight is 316 g/mol. The smallest absolute Gasteiger partial charge is 0.261 e. The van der Waals surface area contributed by atoms with Crippen molar-refractivity contribution in [2.75, 3.05) is 11.9 Å². The molecule has 114 valence electrons. The third kappa shape index (κ3) is 2.87. The molecule has 0 saturated carbocycles. The fourth-order valence-electron chi connectivity index (χ4n) is 2.42. The van der Waals surface area contributed by atoms with Crippen LogP contribution in [0.1, 0.15) is 45.5 Å². The number of nitrogens with one attached hydrogen (secondary N) is 1. The van der Waals surface area contributed by atoms with E-state index in [1.54, 1.807) is 18.2 Å². The highest BCUT2D eigenvalue weighted by Crippen LogP contribution is 2.30. The summed E-state index contributed by atoms with van der Waals surface area (Å²) in [7, 11) is 0. The zero-order chi connectivity index (χ0) is 15.5. The number of carbonyl (C=O) groups is 2. The van der Waals surface area contributed by atoms with Crippen molar-refractivity contribution in [2.45, 2.75) is 26.2 Å². The second kappa shape index (κ2) is 6.27. The lowest BCUT2D eigenvalue weighted by Gasteiger charge is -2.08. The number of amides is 1. The molecule has 0 radical (unpaired) electrons. The zero-order valence-corrected chi connectivity index (χ0v) is 13.0. The van der Waals surface area contributed by atoms with Gasteiger partial charge in [-0.1, -0.05) is 23.5 Å². The van der Waals surface area contributed by atoms with Crippen molar-refractivity contribution in [3.8, 4) is 5.75 Å². The molecular weight excluding hydrogens is 300 g/mol. The molecule has 1 aromatic carbocycles. The van der Waals surface area contributed by atoms with E-state index in [2.05, 4.69) is 10.3 Å². The van der Waals surface area contributed by atoms with E-state index < -0.39 is 0 Å². The van der Waals surface area contributed by atoms with E-state index >= 15 is 0 Å². The standard InChI is InChI=1S/C16H16N2O3S/c1-2-21-13-9-4-3-6-10(13)15(20)18-16-17-11-7-5-8-12(19)14(11)22-16/h3-4,6,9H,2,5,7-8H2,1H3,(H,17,18,20). The van der Waals surface area contributed by atoms with E-state index in [9.17, 15) is 9.59 Å². The Morgan fingerprint density at radius 3 is 2.95 bits per heavy atom. The van der Waals surface area contributed by atoms with Crippen molar-refractivity contribution in [3.05, 3.63) is 40.4 Å². The van der Waals surface area contributed by atoms with Crippen LogP contribution in [0, 0.1) is 0 Å². The molecule has 0 fully saturated rings. The topological polar surface area (TPSA) is 68.3 Å². The lowest BCUT2D eigenvalue weighted by molar-refractivity contribution is 0.0975. The van der Waals surface area contributed by atoms with Gasteiger partial charge >= 0.3 is 0 Å². The van der Waals surface area contributed by atoms with Crippen molar-refractivity contribution >= 4 is 28.2 Å². The number of hydrogen-bond donors (Lipinski definition) is 1. The van der Waals surface area contributed by atoms with Crippen LogP contribution in [0.5, 0.6) is 5.75 Å². The fraction of sp³-hybridized carbons (Fsp3) is 0.312. The Labute approximate surface area is 132 Å². The third-order valence-corrected chi connectivity index (χ3v) is 4.47. The van der Waals surface area contributed by atoms with Gasteiger partial charge in [-0.15, -0.1) is 0 Å². The molecule has 1 heterocycles. The summed E-state index contributed by atoms with van der Waals surface area (Å²) in [4.78, 5) is 29.3. The summed E-state index contributed by atoms with van der Waals surface area (Å²) in [6.07, 6.45) is 2.19. The maximum Gasteiger partial charge on any atom is 0.261 e. The molecule has 1 amide bonds. The number of aryl methyl sites for hydroxylation is 1. The molecule has 0 saturated heterocycles. The quantitative estimate of drug-likeness (QED) is 0.939. The maximum absolute atomic E-state index is 12.4. The van der Waals surface area contributed by atoms with Crippen LogP contribution >= 0.6 is 11.3 Å². The Hall–Kier alpha value is -2.21. The minimum absolute atomic E-state index is 0.119. The number of para-hydroxylation sites is 1. The van der Waals surface area contributed by atoms with Gasteiger partial charge in [-0.05, 0) is 31.9 Å². The third-order valence-electron chi connectivity index (χ3n) is 3.42. The molecule has 1 N–H and O–H groups in total. The largest absolute Gasteiger partial charge is 0.493 e. The van der Waals surface area contributed by atoms with Gasteiger partial charge in [0.15, 0.2) is 10.9 Å². The number of hydrogen-bond acceptors (Lipinski definition) is 5. The number of benzene rings is 1. The second-order valence-corrected chi connectivity index (χ2v) is 5.95. The van der Waals surface area contributed by atoms with Crippen LogP contribution in [0.4, 0.5) is 5.13 Å². The van der Waals surface area contributed by atoms with E-state index in [-0.39, 0.29) is 11.7 Å². The first-order valence-corrected chi connectivity index (χ1v) is 8.06. The van der Waals surface area contributed by atoms with Crippen molar-refractivity contribution in [3.63, 3.8) is 0 Å². The summed E-state index contributed by atoms with van der Waals surface area (Å²) < 4.78 is 5.46. The highest BCUT2D eigenvalue weighted by molar-refractivity contribution is 7.17. The maximum atomic E-state index is 12.4. The Kier molecular flexibility index (Phi) is 4.20. The summed E-state index contributed by atoms with van der Waals surface area (Å²) in [5.41, 5.74) is 1.26. The lowest BCUT2D eigenvalue weighted by atomic mass is 10.0. The molecule has 1 aromatic heterocycles. The SMILES string of the molecule is CCOc1ccccc1C(=O)Nc1nc2c(s1)C(=O)CCC2. The van der Waals surface area contributed by atoms with Crippen LogP contribution in [0.2, 0.25) is 0 Å². The molecule has 2 aromatic rings. The van der Waals surface area contributed by atoms with Gasteiger partial charge in [0, 0.05) is 6.42 Å². The minimum atomic E-state index is -0.275. The number of nitrogens with zero attached hydrogens (tertiary/aromatic N) is 1. The first kappa shape index (κ1) is 14.7. The van der Waals surface area contributed by atoms with Crippen molar-refractivity contribution in [2.24, 2.45) is 0 Å². The van der Waals surface area contributed by atoms with Crippen LogP contribution in [-0.2, 0) is 6.42 Å². The van der Waals surface area contributed by atoms with E-state index in [1.165, 1.54) is 11.3 Å². The highest BCUT2D eigenvalue weighted by Gasteiger charge is 2.23. The second-order valence-electron chi connectivity index (χ2n) is 4.95. The van der Waals surface area contributed by atoms with Crippen LogP contribution in [0.15, 0.2) is 24.3 Å². The Morgan fingerprint density at radius 2 is 2.18 bits per heavy atom. The molecular formula is C16H16N2O3S. The fourth-order valence-corrected chi connectivity index (χ4v) is 3.40. The zero-order valence-electron chi connectivity index (χ0n) is 12.2. The Bertz CT molecular complexity index is 724. The molecule has 0 spiro atoms. The first-order chi connectivity index (χ1) is 10.7. The molecule has 22 heavy (non-hydrogen) atoms. The van der Waals surface area contributed by atoms with Crippen molar-refractivity contribution < 1.29 is 14.3 Å². The lowest BCUT2D eigenvalue weighted by Crippen LogP contribution is -2.13. The summed E-state index contributed by atoms with van der Waals surface area (Å²) in [6, 6.07) is 7.07. The summed E-state index contributed by atoms with van der Waals surface area (Å²) >= 11 is 1.25. The normalized spacial score (nSPS) is 13.6. The molecule has 0 unspecified atom stereocenters. The van der Waals surface area contributed by atoms with Gasteiger partial charge in [0.1, 0.15) is 5.75 Å². The number of rotatable bonds is 4. The summed E-state index contributed by atoms with van der Waals surface area (Å²) in [5, 5.41) is 3.24. The van der Waals surface area contributed by atoms with Crippen LogP contribution in [0.3, 0.4) is 0 Å². The Balaban J connectivity index is 1.82. The van der Waals surface area contributed by atoms with Gasteiger partial charge in [-0.3, -0.25) is 14.9 Å².